The summed E-state index contributed by atoms with van der Waals surface area (Å²) in [6.45, 7) is 0. The summed E-state index contributed by atoms with van der Waals surface area (Å²) >= 11 is 2.24. The maximum absolute atomic E-state index is 13.2. The van der Waals surface area contributed by atoms with Crippen LogP contribution >= 0.6 is 22.6 Å². The van der Waals surface area contributed by atoms with Gasteiger partial charge in [0.25, 0.3) is 11.6 Å². The van der Waals surface area contributed by atoms with Crippen LogP contribution in [-0.2, 0) is 0 Å². The van der Waals surface area contributed by atoms with Crippen molar-refractivity contribution < 1.29 is 24.0 Å². The van der Waals surface area contributed by atoms with Gasteiger partial charge >= 0.3 is 5.97 Å². The van der Waals surface area contributed by atoms with Gasteiger partial charge in [0.2, 0.25) is 0 Å². The molecule has 5 rings (SSSR count). The highest BCUT2D eigenvalue weighted by atomic mass is 127. The van der Waals surface area contributed by atoms with E-state index in [0.717, 1.165) is 25.6 Å². The Labute approximate surface area is 247 Å². The van der Waals surface area contributed by atoms with Crippen LogP contribution in [0.2, 0.25) is 0 Å². The lowest BCUT2D eigenvalue weighted by molar-refractivity contribution is -0.384. The SMILES string of the molecule is COc1cc(C=NNC(=O)c2[nH]c3ccc(I)cc3c2-c2ccccc2)ccc1OC(=O)c1ccc([N+](=O)[O-])cc1. The minimum Gasteiger partial charge on any atom is -0.493 e. The molecule has 4 aromatic carbocycles. The van der Waals surface area contributed by atoms with Crippen LogP contribution in [-0.4, -0.2) is 35.1 Å². The van der Waals surface area contributed by atoms with Crippen LogP contribution in [0.3, 0.4) is 0 Å². The minimum atomic E-state index is -0.700. The Balaban J connectivity index is 1.32. The molecule has 0 unspecified atom stereocenters. The number of carbonyl (C=O) groups is 2. The van der Waals surface area contributed by atoms with Crippen LogP contribution in [0, 0.1) is 13.7 Å². The van der Waals surface area contributed by atoms with E-state index in [0.29, 0.717) is 11.3 Å². The standard InChI is InChI=1S/C30H21IN4O6/c1-40-26-15-18(7-14-25(26)41-30(37)20-8-11-22(12-9-20)35(38)39)17-32-34-29(36)28-27(19-5-3-2-4-6-19)23-16-21(31)10-13-24(23)33-28/h2-17,33H,1H3,(H,34,36). The summed E-state index contributed by atoms with van der Waals surface area (Å²) in [5.74, 6) is -0.703. The van der Waals surface area contributed by atoms with Gasteiger partial charge in [-0.05, 0) is 82.2 Å². The minimum absolute atomic E-state index is 0.134. The fraction of sp³-hybridized carbons (Fsp3) is 0.0333. The lowest BCUT2D eigenvalue weighted by Crippen LogP contribution is -2.18. The monoisotopic (exact) mass is 660 g/mol. The average molecular weight is 660 g/mol. The van der Waals surface area contributed by atoms with E-state index < -0.39 is 16.8 Å². The molecule has 204 valence electrons. The smallest absolute Gasteiger partial charge is 0.343 e. The van der Waals surface area contributed by atoms with E-state index in [1.54, 1.807) is 12.1 Å². The predicted octanol–water partition coefficient (Wildman–Crippen LogP) is 6.34. The molecule has 1 amide bonds. The zero-order valence-corrected chi connectivity index (χ0v) is 23.6. The van der Waals surface area contributed by atoms with E-state index in [1.165, 1.54) is 43.7 Å². The van der Waals surface area contributed by atoms with Crippen molar-refractivity contribution in [2.75, 3.05) is 7.11 Å². The molecule has 41 heavy (non-hydrogen) atoms. The van der Waals surface area contributed by atoms with Gasteiger partial charge in [-0.25, -0.2) is 10.2 Å². The number of nitro benzene ring substituents is 1. The highest BCUT2D eigenvalue weighted by molar-refractivity contribution is 14.1. The zero-order chi connectivity index (χ0) is 28.9. The Morgan fingerprint density at radius 3 is 2.44 bits per heavy atom. The van der Waals surface area contributed by atoms with E-state index in [2.05, 4.69) is 38.1 Å². The third-order valence-electron chi connectivity index (χ3n) is 6.13. The van der Waals surface area contributed by atoms with Crippen LogP contribution in [0.25, 0.3) is 22.0 Å². The number of nitrogens with zero attached hydrogens (tertiary/aromatic N) is 2. The van der Waals surface area contributed by atoms with Gasteiger partial charge in [0.15, 0.2) is 11.5 Å². The number of methoxy groups -OCH3 is 1. The Morgan fingerprint density at radius 1 is 0.976 bits per heavy atom. The third-order valence-corrected chi connectivity index (χ3v) is 6.81. The molecule has 0 aliphatic rings. The average Bonchev–Trinajstić information content (AvgIpc) is 3.37. The van der Waals surface area contributed by atoms with Gasteiger partial charge in [-0.1, -0.05) is 30.3 Å². The highest BCUT2D eigenvalue weighted by Crippen LogP contribution is 2.33. The number of hydrazone groups is 1. The largest absolute Gasteiger partial charge is 0.493 e. The van der Waals surface area contributed by atoms with E-state index in [1.807, 2.05) is 48.5 Å². The Morgan fingerprint density at radius 2 is 1.73 bits per heavy atom. The maximum atomic E-state index is 13.2. The second kappa shape index (κ2) is 12.0. The van der Waals surface area contributed by atoms with Crippen LogP contribution in [0.1, 0.15) is 26.4 Å². The Bertz CT molecular complexity index is 1800. The number of amides is 1. The summed E-state index contributed by atoms with van der Waals surface area (Å²) in [4.78, 5) is 39.2. The molecule has 0 aliphatic carbocycles. The number of benzene rings is 4. The van der Waals surface area contributed by atoms with Crippen molar-refractivity contribution in [2.45, 2.75) is 0 Å². The number of ether oxygens (including phenoxy) is 2. The molecule has 0 radical (unpaired) electrons. The second-order valence-electron chi connectivity index (χ2n) is 8.73. The lowest BCUT2D eigenvalue weighted by atomic mass is 10.0. The van der Waals surface area contributed by atoms with Gasteiger partial charge in [0, 0.05) is 32.2 Å². The normalized spacial score (nSPS) is 11.0. The number of hydrogen-bond acceptors (Lipinski definition) is 7. The van der Waals surface area contributed by atoms with Gasteiger partial charge in [0.1, 0.15) is 5.69 Å². The van der Waals surface area contributed by atoms with Crippen LogP contribution in [0.5, 0.6) is 11.5 Å². The van der Waals surface area contributed by atoms with Crippen LogP contribution < -0.4 is 14.9 Å². The first-order valence-electron chi connectivity index (χ1n) is 12.2. The molecular formula is C30H21IN4O6. The lowest BCUT2D eigenvalue weighted by Gasteiger charge is -2.10. The van der Waals surface area contributed by atoms with E-state index in [-0.39, 0.29) is 22.7 Å². The number of nitrogens with one attached hydrogen (secondary N) is 2. The van der Waals surface area contributed by atoms with Crippen molar-refractivity contribution in [1.29, 1.82) is 0 Å². The number of fused-ring (bicyclic) bond motifs is 1. The highest BCUT2D eigenvalue weighted by Gasteiger charge is 2.19. The van der Waals surface area contributed by atoms with E-state index in [9.17, 15) is 19.7 Å². The molecule has 11 heteroatoms. The number of carbonyl (C=O) groups excluding carboxylic acids is 2. The van der Waals surface area contributed by atoms with Gasteiger partial charge in [0.05, 0.1) is 23.8 Å². The van der Waals surface area contributed by atoms with Gasteiger partial charge in [-0.15, -0.1) is 0 Å². The summed E-state index contributed by atoms with van der Waals surface area (Å²) in [6, 6.07) is 25.4. The fourth-order valence-corrected chi connectivity index (χ4v) is 4.68. The summed E-state index contributed by atoms with van der Waals surface area (Å²) in [7, 11) is 1.42. The molecule has 5 aromatic rings. The van der Waals surface area contributed by atoms with Gasteiger partial charge in [-0.3, -0.25) is 14.9 Å². The Kier molecular flexibility index (Phi) is 8.06. The molecule has 0 atom stereocenters. The number of rotatable bonds is 8. The molecule has 1 aromatic heterocycles. The summed E-state index contributed by atoms with van der Waals surface area (Å²) < 4.78 is 11.8. The molecule has 10 nitrogen and oxygen atoms in total. The van der Waals surface area contributed by atoms with Gasteiger partial charge in [-0.2, -0.15) is 5.10 Å². The van der Waals surface area contributed by atoms with E-state index in [4.69, 9.17) is 9.47 Å². The fourth-order valence-electron chi connectivity index (χ4n) is 4.19. The number of nitro groups is 1. The first-order valence-corrected chi connectivity index (χ1v) is 13.3. The topological polar surface area (TPSA) is 136 Å². The zero-order valence-electron chi connectivity index (χ0n) is 21.5. The van der Waals surface area contributed by atoms with Crippen molar-refractivity contribution in [3.05, 3.63) is 122 Å². The molecule has 0 bridgehead atoms. The number of halogens is 1. The number of aromatic amines is 1. The van der Waals surface area contributed by atoms with Crippen molar-refractivity contribution in [3.63, 3.8) is 0 Å². The summed E-state index contributed by atoms with van der Waals surface area (Å²) in [5.41, 5.74) is 6.07. The van der Waals surface area contributed by atoms with Crippen molar-refractivity contribution >= 4 is 57.3 Å². The first kappa shape index (κ1) is 27.5. The number of H-pyrrole nitrogens is 1. The van der Waals surface area contributed by atoms with Crippen molar-refractivity contribution in [2.24, 2.45) is 5.10 Å². The van der Waals surface area contributed by atoms with Crippen LogP contribution in [0.15, 0.2) is 96.1 Å². The quantitative estimate of drug-likeness (QED) is 0.0498. The molecule has 0 saturated heterocycles. The van der Waals surface area contributed by atoms with Crippen molar-refractivity contribution in [3.8, 4) is 22.6 Å². The van der Waals surface area contributed by atoms with E-state index >= 15 is 0 Å². The maximum Gasteiger partial charge on any atom is 0.343 e. The molecular weight excluding hydrogens is 639 g/mol. The van der Waals surface area contributed by atoms with Gasteiger partial charge < -0.3 is 14.5 Å². The second-order valence-corrected chi connectivity index (χ2v) is 9.98. The predicted molar refractivity (Wildman–Crippen MR) is 163 cm³/mol. The molecule has 1 heterocycles. The molecule has 0 saturated carbocycles. The third kappa shape index (κ3) is 6.09. The number of aromatic nitrogens is 1. The molecule has 0 spiro atoms. The molecule has 2 N–H and O–H groups in total. The number of esters is 1. The molecule has 0 fully saturated rings. The van der Waals surface area contributed by atoms with Crippen LogP contribution in [0.4, 0.5) is 5.69 Å². The summed E-state index contributed by atoms with van der Waals surface area (Å²) in [5, 5.41) is 15.9. The first-order chi connectivity index (χ1) is 19.8. The van der Waals surface area contributed by atoms with Crippen molar-refractivity contribution in [1.82, 2.24) is 10.4 Å². The number of hydrogen-bond donors (Lipinski definition) is 2. The Hall–Kier alpha value is -5.04. The number of non-ortho nitro benzene ring substituents is 1. The molecule has 0 aliphatic heterocycles. The summed E-state index contributed by atoms with van der Waals surface area (Å²) in [6.07, 6.45) is 1.44.